The number of alkyl halides is 2. The fraction of sp³-hybridized carbons (Fsp3) is 0.333. The Bertz CT molecular complexity index is 671. The van der Waals surface area contributed by atoms with Gasteiger partial charge in [-0.15, -0.1) is 0 Å². The molecule has 2 aromatic heterocycles. The lowest BCUT2D eigenvalue weighted by Crippen LogP contribution is -2.22. The molecule has 2 aromatic rings. The first-order valence-electron chi connectivity index (χ1n) is 6.75. The van der Waals surface area contributed by atoms with E-state index in [2.05, 4.69) is 20.3 Å². The van der Waals surface area contributed by atoms with Gasteiger partial charge in [-0.2, -0.15) is 8.78 Å². The Morgan fingerprint density at radius 2 is 1.86 bits per heavy atom. The van der Waals surface area contributed by atoms with Gasteiger partial charge < -0.3 is 5.32 Å². The van der Waals surface area contributed by atoms with E-state index in [1.54, 1.807) is 7.05 Å². The van der Waals surface area contributed by atoms with Crippen molar-refractivity contribution in [3.05, 3.63) is 47.7 Å². The van der Waals surface area contributed by atoms with Crippen LogP contribution in [0.1, 0.15) is 35.6 Å². The van der Waals surface area contributed by atoms with Gasteiger partial charge in [0.15, 0.2) is 11.5 Å². The summed E-state index contributed by atoms with van der Waals surface area (Å²) in [6.45, 7) is 2.83. The molecule has 1 N–H and O–H groups in total. The van der Waals surface area contributed by atoms with Gasteiger partial charge in [-0.3, -0.25) is 9.78 Å². The van der Waals surface area contributed by atoms with Gasteiger partial charge in [0, 0.05) is 37.1 Å². The van der Waals surface area contributed by atoms with Crippen LogP contribution in [0.15, 0.2) is 30.7 Å². The Labute approximate surface area is 126 Å². The fourth-order valence-corrected chi connectivity index (χ4v) is 1.84. The van der Waals surface area contributed by atoms with Crippen LogP contribution in [0.3, 0.4) is 0 Å². The van der Waals surface area contributed by atoms with Gasteiger partial charge in [0.2, 0.25) is 5.78 Å². The monoisotopic (exact) mass is 306 g/mol. The van der Waals surface area contributed by atoms with E-state index in [0.29, 0.717) is 5.82 Å². The number of hydrogen-bond acceptors (Lipinski definition) is 5. The maximum atomic E-state index is 13.9. The molecule has 2 heterocycles. The molecule has 0 fully saturated rings. The summed E-state index contributed by atoms with van der Waals surface area (Å²) in [5.41, 5.74) is -0.0532. The summed E-state index contributed by atoms with van der Waals surface area (Å²) in [6, 6.07) is 2.50. The minimum atomic E-state index is -3.04. The summed E-state index contributed by atoms with van der Waals surface area (Å²) in [4.78, 5) is 24.0. The molecule has 0 aliphatic carbocycles. The molecule has 7 heteroatoms. The quantitative estimate of drug-likeness (QED) is 0.860. The van der Waals surface area contributed by atoms with Crippen LogP contribution < -0.4 is 5.32 Å². The third-order valence-electron chi connectivity index (χ3n) is 3.24. The number of pyridine rings is 1. The van der Waals surface area contributed by atoms with Gasteiger partial charge >= 0.3 is 0 Å². The van der Waals surface area contributed by atoms with E-state index >= 15 is 0 Å². The Morgan fingerprint density at radius 1 is 1.18 bits per heavy atom. The molecule has 0 amide bonds. The zero-order valence-electron chi connectivity index (χ0n) is 12.5. The number of ketones is 1. The molecule has 0 spiro atoms. The van der Waals surface area contributed by atoms with Gasteiger partial charge in [-0.05, 0) is 12.1 Å². The second-order valence-corrected chi connectivity index (χ2v) is 5.04. The van der Waals surface area contributed by atoms with Crippen molar-refractivity contribution in [2.45, 2.75) is 19.8 Å². The summed E-state index contributed by atoms with van der Waals surface area (Å²) >= 11 is 0. The molecule has 0 saturated carbocycles. The van der Waals surface area contributed by atoms with Crippen molar-refractivity contribution in [1.29, 1.82) is 0 Å². The molecule has 0 aliphatic heterocycles. The molecule has 22 heavy (non-hydrogen) atoms. The zero-order valence-corrected chi connectivity index (χ0v) is 12.5. The SMILES string of the molecule is CNc1nccnc1C(=O)c1ccc(C(F)(F)C(C)C)nc1. The lowest BCUT2D eigenvalue weighted by Gasteiger charge is -2.19. The Balaban J connectivity index is 2.33. The zero-order chi connectivity index (χ0) is 16.3. The first-order chi connectivity index (χ1) is 10.4. The van der Waals surface area contributed by atoms with Crippen LogP contribution in [0.4, 0.5) is 14.6 Å². The van der Waals surface area contributed by atoms with Crippen LogP contribution in [0.2, 0.25) is 0 Å². The van der Waals surface area contributed by atoms with E-state index < -0.39 is 17.6 Å². The van der Waals surface area contributed by atoms with Gasteiger partial charge in [-0.1, -0.05) is 13.8 Å². The minimum absolute atomic E-state index is 0.121. The second-order valence-electron chi connectivity index (χ2n) is 5.04. The first kappa shape index (κ1) is 15.9. The molecule has 0 saturated heterocycles. The van der Waals surface area contributed by atoms with Crippen molar-refractivity contribution in [3.63, 3.8) is 0 Å². The molecular formula is C15H16F2N4O. The normalized spacial score (nSPS) is 11.5. The molecule has 0 aromatic carbocycles. The van der Waals surface area contributed by atoms with E-state index in [0.717, 1.165) is 6.20 Å². The average Bonchev–Trinajstić information content (AvgIpc) is 2.54. The maximum absolute atomic E-state index is 13.9. The molecule has 5 nitrogen and oxygen atoms in total. The van der Waals surface area contributed by atoms with Gasteiger partial charge in [0.25, 0.3) is 5.92 Å². The summed E-state index contributed by atoms with van der Waals surface area (Å²) in [5.74, 6) is -4.02. The topological polar surface area (TPSA) is 67.8 Å². The van der Waals surface area contributed by atoms with Crippen molar-refractivity contribution in [2.24, 2.45) is 5.92 Å². The number of halogens is 2. The number of hydrogen-bond donors (Lipinski definition) is 1. The molecule has 0 radical (unpaired) electrons. The van der Waals surface area contributed by atoms with Crippen LogP contribution in [0.5, 0.6) is 0 Å². The van der Waals surface area contributed by atoms with Crippen LogP contribution in [-0.2, 0) is 5.92 Å². The van der Waals surface area contributed by atoms with E-state index in [-0.39, 0.29) is 17.0 Å². The number of carbonyl (C=O) groups excluding carboxylic acids is 1. The van der Waals surface area contributed by atoms with E-state index in [1.165, 1.54) is 38.4 Å². The van der Waals surface area contributed by atoms with Gasteiger partial charge in [0.1, 0.15) is 5.69 Å². The highest BCUT2D eigenvalue weighted by atomic mass is 19.3. The lowest BCUT2D eigenvalue weighted by molar-refractivity contribution is -0.0554. The first-order valence-corrected chi connectivity index (χ1v) is 6.75. The Morgan fingerprint density at radius 3 is 2.41 bits per heavy atom. The highest BCUT2D eigenvalue weighted by molar-refractivity contribution is 6.10. The number of nitrogens with zero attached hydrogens (tertiary/aromatic N) is 3. The van der Waals surface area contributed by atoms with Crippen molar-refractivity contribution < 1.29 is 13.6 Å². The maximum Gasteiger partial charge on any atom is 0.291 e. The second kappa shape index (κ2) is 6.13. The van der Waals surface area contributed by atoms with Crippen LogP contribution >= 0.6 is 0 Å². The number of carbonyl (C=O) groups is 1. The Kier molecular flexibility index (Phi) is 4.44. The van der Waals surface area contributed by atoms with Crippen molar-refractivity contribution in [1.82, 2.24) is 15.0 Å². The summed E-state index contributed by atoms with van der Waals surface area (Å²) in [6.07, 6.45) is 3.98. The highest BCUT2D eigenvalue weighted by Gasteiger charge is 2.37. The number of anilines is 1. The fourth-order valence-electron chi connectivity index (χ4n) is 1.84. The molecule has 0 unspecified atom stereocenters. The molecule has 0 bridgehead atoms. The molecule has 2 rings (SSSR count). The predicted octanol–water partition coefficient (Wildman–Crippen LogP) is 2.89. The lowest BCUT2D eigenvalue weighted by atomic mass is 10.0. The average molecular weight is 306 g/mol. The number of aromatic nitrogens is 3. The van der Waals surface area contributed by atoms with Crippen LogP contribution in [0, 0.1) is 5.92 Å². The summed E-state index contributed by atoms with van der Waals surface area (Å²) < 4.78 is 27.7. The minimum Gasteiger partial charge on any atom is -0.371 e. The third kappa shape index (κ3) is 2.93. The van der Waals surface area contributed by atoms with E-state index in [1.807, 2.05) is 0 Å². The van der Waals surface area contributed by atoms with E-state index in [9.17, 15) is 13.6 Å². The van der Waals surface area contributed by atoms with E-state index in [4.69, 9.17) is 0 Å². The standard InChI is InChI=1S/C15H16F2N4O/c1-9(2)15(16,17)11-5-4-10(8-21-11)13(22)12-14(18-3)20-7-6-19-12/h4-9H,1-3H3,(H,18,20). The van der Waals surface area contributed by atoms with Crippen LogP contribution in [-0.4, -0.2) is 27.8 Å². The van der Waals surface area contributed by atoms with Crippen molar-refractivity contribution >= 4 is 11.6 Å². The van der Waals surface area contributed by atoms with Gasteiger partial charge in [-0.25, -0.2) is 9.97 Å². The number of rotatable bonds is 5. The van der Waals surface area contributed by atoms with Crippen molar-refractivity contribution in [2.75, 3.05) is 12.4 Å². The summed E-state index contributed by atoms with van der Waals surface area (Å²) in [5, 5.41) is 2.76. The Hall–Kier alpha value is -2.44. The molecule has 116 valence electrons. The number of nitrogens with one attached hydrogen (secondary N) is 1. The predicted molar refractivity (Wildman–Crippen MR) is 78.0 cm³/mol. The smallest absolute Gasteiger partial charge is 0.291 e. The molecule has 0 atom stereocenters. The molecular weight excluding hydrogens is 290 g/mol. The summed E-state index contributed by atoms with van der Waals surface area (Å²) in [7, 11) is 1.62. The van der Waals surface area contributed by atoms with Gasteiger partial charge in [0.05, 0.1) is 0 Å². The van der Waals surface area contributed by atoms with Crippen LogP contribution in [0.25, 0.3) is 0 Å². The van der Waals surface area contributed by atoms with Crippen molar-refractivity contribution in [3.8, 4) is 0 Å². The molecule has 0 aliphatic rings. The third-order valence-corrected chi connectivity index (χ3v) is 3.24. The largest absolute Gasteiger partial charge is 0.371 e. The highest BCUT2D eigenvalue weighted by Crippen LogP contribution is 2.34.